The van der Waals surface area contributed by atoms with E-state index in [1.54, 1.807) is 13.7 Å². The Morgan fingerprint density at radius 2 is 0.798 bits per heavy atom. The van der Waals surface area contributed by atoms with E-state index in [1.807, 2.05) is 5.92 Å². The predicted octanol–water partition coefficient (Wildman–Crippen LogP) is 18.0. The van der Waals surface area contributed by atoms with Gasteiger partial charge in [-0.25, -0.2) is 0 Å². The van der Waals surface area contributed by atoms with Gasteiger partial charge >= 0.3 is 24.0 Å². The van der Waals surface area contributed by atoms with Crippen molar-refractivity contribution in [3.63, 3.8) is 0 Å². The number of anilines is 4. The van der Waals surface area contributed by atoms with Crippen molar-refractivity contribution in [3.8, 4) is 72.5 Å². The summed E-state index contributed by atoms with van der Waals surface area (Å²) in [6, 6.07) is 13.1. The second kappa shape index (κ2) is 60.4. The molecule has 34 heteroatoms. The summed E-state index contributed by atoms with van der Waals surface area (Å²) in [7, 11) is -3.56. The molecular weight excluding hydrogens is 2290 g/mol. The van der Waals surface area contributed by atoms with Gasteiger partial charge in [0.2, 0.25) is 0 Å². The molecule has 114 heavy (non-hydrogen) atoms. The first kappa shape index (κ1) is 119. The van der Waals surface area contributed by atoms with E-state index >= 15 is 0 Å². The van der Waals surface area contributed by atoms with Crippen molar-refractivity contribution in [2.24, 2.45) is 0 Å². The van der Waals surface area contributed by atoms with Gasteiger partial charge in [0.25, 0.3) is 0 Å². The van der Waals surface area contributed by atoms with Crippen LogP contribution < -0.4 is 41.9 Å². The van der Waals surface area contributed by atoms with Crippen molar-refractivity contribution < 1.29 is 117 Å². The van der Waals surface area contributed by atoms with Crippen molar-refractivity contribution in [2.75, 3.05) is 69.2 Å². The number of unbranched alkanes of at least 4 members (excludes halogenated alkanes) is 4. The van der Waals surface area contributed by atoms with E-state index in [0.717, 1.165) is 114 Å². The van der Waals surface area contributed by atoms with Gasteiger partial charge in [0.05, 0.1) is 47.3 Å². The van der Waals surface area contributed by atoms with E-state index < -0.39 is 24.2 Å². The molecule has 8 rings (SSSR count). The van der Waals surface area contributed by atoms with Crippen LogP contribution in [0.4, 0.5) is 23.3 Å². The Morgan fingerprint density at radius 3 is 1.15 bits per heavy atom. The molecule has 0 saturated heterocycles. The summed E-state index contributed by atoms with van der Waals surface area (Å²) in [6.07, 6.45) is 15.5. The number of allylic oxidation sites excluding steroid dienone is 2. The predicted molar refractivity (Wildman–Crippen MR) is 468 cm³/mol. The number of halogens is 1. The number of fused-ring (bicyclic) bond motifs is 4. The van der Waals surface area contributed by atoms with Gasteiger partial charge in [-0.15, -0.1) is 0 Å². The number of aryl methyl sites for hydroxylation is 1. The van der Waals surface area contributed by atoms with Gasteiger partial charge in [0, 0.05) is 151 Å². The molecule has 7 heterocycles. The number of nitrogens with zero attached hydrogens (tertiary/aromatic N) is 15. The Morgan fingerprint density at radius 1 is 0.465 bits per heavy atom. The molecule has 632 valence electrons. The van der Waals surface area contributed by atoms with E-state index in [2.05, 4.69) is 219 Å². The molecule has 26 nitrogen and oxygen atoms in total. The number of nitriles is 4. The van der Waals surface area contributed by atoms with Crippen LogP contribution in [-0.2, 0) is 132 Å². The molecule has 0 unspecified atom stereocenters. The topological polar surface area (TPSA) is 382 Å². The van der Waals surface area contributed by atoms with Gasteiger partial charge < -0.3 is 96.0 Å². The second-order valence-electron chi connectivity index (χ2n) is 28.1. The first-order valence-electron chi connectivity index (χ1n) is 35.6. The normalized spacial score (nSPS) is 10.7. The number of nitrogens with two attached hydrogens (primary N) is 4. The van der Waals surface area contributed by atoms with Gasteiger partial charge in [-0.1, -0.05) is 162 Å². The maximum atomic E-state index is 9.79. The molecule has 0 atom stereocenters. The van der Waals surface area contributed by atoms with E-state index in [9.17, 15) is 21.0 Å². The summed E-state index contributed by atoms with van der Waals surface area (Å²) >= 11 is 2.12. The molecule has 0 spiro atoms. The van der Waals surface area contributed by atoms with E-state index in [4.69, 9.17) is 56.1 Å². The van der Waals surface area contributed by atoms with Crippen LogP contribution >= 0.6 is 22.6 Å². The van der Waals surface area contributed by atoms with Crippen LogP contribution in [0.15, 0.2) is 5.57 Å². The number of nitrogen functional groups attached to an aromatic ring is 4. The minimum atomic E-state index is -1.21. The zero-order chi connectivity index (χ0) is 78.0. The minimum Gasteiger partial charge on any atom is -0.463 e. The van der Waals surface area contributed by atoms with Gasteiger partial charge in [-0.05, 0) is 77.5 Å². The number of rotatable bonds is 35. The van der Waals surface area contributed by atoms with Crippen LogP contribution in [0.3, 0.4) is 0 Å². The molecule has 7 aromatic heterocycles. The first-order chi connectivity index (χ1) is 50.0. The number of hydrogen-bond acceptors (Lipinski definition) is 23. The van der Waals surface area contributed by atoms with Crippen molar-refractivity contribution in [1.29, 1.82) is 21.0 Å². The maximum Gasteiger partial charge on any atom is 0.319 e. The third kappa shape index (κ3) is 36.4. The van der Waals surface area contributed by atoms with Crippen LogP contribution in [-0.4, -0.2) is 124 Å². The second-order valence-corrected chi connectivity index (χ2v) is 46.1. The fraction of sp³-hybridized carbons (Fsp3) is 0.550. The number of aromatic nitrogens is 11. The quantitative estimate of drug-likeness (QED) is 0.00942. The van der Waals surface area contributed by atoms with Gasteiger partial charge in [0.15, 0.2) is 17.5 Å². The Labute approximate surface area is 757 Å². The van der Waals surface area contributed by atoms with Crippen molar-refractivity contribution in [1.82, 2.24) is 53.6 Å². The fourth-order valence-corrected chi connectivity index (χ4v) is 13.2. The molecular formula is C80H128IN19O7Si3W4-4. The van der Waals surface area contributed by atoms with Gasteiger partial charge in [-0.3, -0.25) is 11.8 Å². The van der Waals surface area contributed by atoms with Crippen molar-refractivity contribution in [2.45, 2.75) is 246 Å². The molecule has 0 radical (unpaired) electrons. The third-order valence-corrected chi connectivity index (χ3v) is 22.0. The zero-order valence-electron chi connectivity index (χ0n) is 65.7. The van der Waals surface area contributed by atoms with Crippen LogP contribution in [0.2, 0.25) is 77.1 Å². The third-order valence-electron chi connectivity index (χ3n) is 15.9. The largest absolute Gasteiger partial charge is 0.463 e. The summed E-state index contributed by atoms with van der Waals surface area (Å²) in [6.45, 7) is 48.2. The van der Waals surface area contributed by atoms with Crippen LogP contribution in [0, 0.1) is 101 Å². The van der Waals surface area contributed by atoms with Crippen LogP contribution in [0.25, 0.3) is 38.7 Å². The van der Waals surface area contributed by atoms with E-state index in [0.29, 0.717) is 145 Å². The molecule has 0 aromatic carbocycles. The van der Waals surface area contributed by atoms with Crippen molar-refractivity contribution >= 4 is 109 Å². The molecule has 0 aliphatic heterocycles. The van der Waals surface area contributed by atoms with Crippen LogP contribution in [0.1, 0.15) is 175 Å². The number of ether oxygens (including phenoxy) is 7. The fourth-order valence-electron chi connectivity index (χ4n) is 10.1. The molecule has 1 aliphatic carbocycles. The summed E-state index contributed by atoms with van der Waals surface area (Å²) in [5, 5.41) is 38.3. The minimum absolute atomic E-state index is 0. The monoisotopic (exact) mass is 2410 g/mol. The molecule has 0 fully saturated rings. The standard InChI is InChI=1S/C20H32N5O2Si.C20H28N5O2Si.C17H26IN5O2Si.C15H19N4O.C3H3.5CH4.4W/c2*1-6-8-10-27-20-23-17-15(9-7-2)16(13-21)25(18(17)19(22)24-20)14-26-11-12-28(3,4)5;1-5-6-7-25-17-21-14-13(18)12(10-19)23(15(14)16(20)22-17)11-24-8-9-26(2,3)4;1-3-5-7-20-15-18-13-11(6-4-2)10(9-16)8-12(13)14(17)19-15;1-3-2;;;;;;;;;/h2,6-12,14H2,1,3-5H3,(H2,22,23,24);2,6,8,10-12,14H2,1,3-5H3,(H2,22,23,24);5-9,11H2,1-4H3,(H2,20,21,22);2-8H2,1H3,(H2,17,18,19);1H,2H2;5*1H4;;;;/q2*-1;;2*-1;;;;;;;;;. The summed E-state index contributed by atoms with van der Waals surface area (Å²) in [4.78, 5) is 34.9. The van der Waals surface area contributed by atoms with Gasteiger partial charge in [-0.2, -0.15) is 87.6 Å². The zero-order valence-corrected chi connectivity index (χ0v) is 82.6. The molecule has 7 aromatic rings. The van der Waals surface area contributed by atoms with E-state index in [-0.39, 0.29) is 165 Å². The first-order valence-corrected chi connectivity index (χ1v) is 47.8. The summed E-state index contributed by atoms with van der Waals surface area (Å²) in [5.41, 5.74) is 34.0. The average molecular weight is 2410 g/mol. The number of terminal acetylenes is 1. The van der Waals surface area contributed by atoms with Crippen LogP contribution in [0.5, 0.6) is 24.0 Å². The Hall–Kier alpha value is -6.09. The Kier molecular flexibility index (Phi) is 62.9. The summed E-state index contributed by atoms with van der Waals surface area (Å²) < 4.78 is 45.9. The Bertz CT molecular complexity index is 4340. The molecule has 8 N–H and O–H groups in total. The smallest absolute Gasteiger partial charge is 0.319 e. The summed E-state index contributed by atoms with van der Waals surface area (Å²) in [5.74, 6) is 8.72. The van der Waals surface area contributed by atoms with E-state index in [1.165, 1.54) is 0 Å². The Balaban J connectivity index is -0.000000330. The average Bonchev–Trinajstić information content (AvgIpc) is 1.62. The molecule has 0 bridgehead atoms. The molecule has 0 amide bonds. The van der Waals surface area contributed by atoms with Gasteiger partial charge in [0.1, 0.15) is 88.9 Å². The molecule has 0 saturated carbocycles. The SMILES string of the molecule is C.C.C.C.C.C#C[CH2-].CCCCOc1nc(N)c2c(n1)c(I)c(C#N)n2COCC[Si](C)(C)C.[CH2-]C#Cc1c(C#N)n(COCC[Si](C)(C)C)c2c(N)nc(OCCCC)nc12.[CH2-]CCC1=C(C#N)Cc2c(N)nc(OCCCC)nc21.[CH2-]CCc1c(C#N)n(COCC[Si](C)(C)C)c2c(N)nc(OCCCC)nc12.[W].[W].[W].[W]. The number of hydrogen-bond donors (Lipinski definition) is 4. The maximum absolute atomic E-state index is 9.79. The van der Waals surface area contributed by atoms with Crippen molar-refractivity contribution in [3.05, 3.63) is 76.3 Å². The molecule has 1 aliphatic rings.